The van der Waals surface area contributed by atoms with Gasteiger partial charge in [0.15, 0.2) is 0 Å². The van der Waals surface area contributed by atoms with E-state index in [-0.39, 0.29) is 15.4 Å². The smallest absolute Gasteiger partial charge is 0.320 e. The topological polar surface area (TPSA) is 46.2 Å². The molecule has 0 aromatic heterocycles. The molecule has 0 fully saturated rings. The number of alkyl halides is 3. The first-order valence-electron chi connectivity index (χ1n) is 6.08. The molecular weight excluding hydrogens is 291 g/mol. The number of benzene rings is 1. The van der Waals surface area contributed by atoms with Gasteiger partial charge in [-0.1, -0.05) is 0 Å². The number of nitrogens with one attached hydrogen (secondary N) is 1. The minimum atomic E-state index is -4.47. The third-order valence-electron chi connectivity index (χ3n) is 3.14. The molecule has 3 nitrogen and oxygen atoms in total. The minimum absolute atomic E-state index is 0.0371. The summed E-state index contributed by atoms with van der Waals surface area (Å²) >= 11 is 0. The maximum absolute atomic E-state index is 12.6. The van der Waals surface area contributed by atoms with Gasteiger partial charge in [-0.2, -0.15) is 13.2 Å². The monoisotopic (exact) mass is 305 g/mol. The number of sulfone groups is 1. The Kier molecular flexibility index (Phi) is 3.93. The summed E-state index contributed by atoms with van der Waals surface area (Å²) in [5.41, 5.74) is -0.710. The Morgan fingerprint density at radius 3 is 2.55 bits per heavy atom. The molecule has 0 bridgehead atoms. The highest BCUT2D eigenvalue weighted by atomic mass is 32.2. The Hall–Kier alpha value is -1.34. The molecule has 0 spiro atoms. The normalized spacial score (nSPS) is 16.9. The largest absolute Gasteiger partial charge is 0.416 e. The zero-order chi connectivity index (χ0) is 15.0. The van der Waals surface area contributed by atoms with Crippen molar-refractivity contribution in [1.82, 2.24) is 5.32 Å². The van der Waals surface area contributed by atoms with Crippen molar-refractivity contribution in [1.29, 1.82) is 0 Å². The SMILES string of the molecule is CNCCCC1=Cc2cc(C(F)(F)F)ccc2S1(=O)=O. The number of rotatable bonds is 4. The maximum atomic E-state index is 12.6. The Morgan fingerprint density at radius 2 is 1.95 bits per heavy atom. The fraction of sp³-hybridized carbons (Fsp3) is 0.385. The number of hydrogen-bond donors (Lipinski definition) is 1. The summed E-state index contributed by atoms with van der Waals surface area (Å²) in [6.45, 7) is 0.650. The van der Waals surface area contributed by atoms with Crippen molar-refractivity contribution in [2.75, 3.05) is 13.6 Å². The van der Waals surface area contributed by atoms with Crippen LogP contribution in [-0.2, 0) is 16.0 Å². The minimum Gasteiger partial charge on any atom is -0.320 e. The maximum Gasteiger partial charge on any atom is 0.416 e. The lowest BCUT2D eigenvalue weighted by atomic mass is 10.1. The Morgan fingerprint density at radius 1 is 1.25 bits per heavy atom. The van der Waals surface area contributed by atoms with Crippen LogP contribution in [0.3, 0.4) is 0 Å². The van der Waals surface area contributed by atoms with E-state index in [9.17, 15) is 21.6 Å². The van der Waals surface area contributed by atoms with E-state index in [1.165, 1.54) is 6.08 Å². The third kappa shape index (κ3) is 2.73. The fourth-order valence-electron chi connectivity index (χ4n) is 2.12. The Balaban J connectivity index is 2.36. The molecule has 1 aromatic carbocycles. The van der Waals surface area contributed by atoms with Gasteiger partial charge in [-0.25, -0.2) is 8.42 Å². The summed E-state index contributed by atoms with van der Waals surface area (Å²) in [6, 6.07) is 2.73. The highest BCUT2D eigenvalue weighted by Gasteiger charge is 2.34. The lowest BCUT2D eigenvalue weighted by Crippen LogP contribution is -2.09. The van der Waals surface area contributed by atoms with Crippen molar-refractivity contribution in [2.24, 2.45) is 0 Å². The highest BCUT2D eigenvalue weighted by Crippen LogP contribution is 2.38. The van der Waals surface area contributed by atoms with Gasteiger partial charge in [0.1, 0.15) is 0 Å². The summed E-state index contributed by atoms with van der Waals surface area (Å²) in [7, 11) is -1.87. The van der Waals surface area contributed by atoms with Gasteiger partial charge in [-0.05, 0) is 56.3 Å². The van der Waals surface area contributed by atoms with Crippen LogP contribution in [0.4, 0.5) is 13.2 Å². The van der Waals surface area contributed by atoms with Gasteiger partial charge >= 0.3 is 6.18 Å². The number of fused-ring (bicyclic) bond motifs is 1. The summed E-state index contributed by atoms with van der Waals surface area (Å²) in [6.07, 6.45) is -2.20. The number of halogens is 3. The summed E-state index contributed by atoms with van der Waals surface area (Å²) in [4.78, 5) is 0.145. The first kappa shape index (κ1) is 15.1. The highest BCUT2D eigenvalue weighted by molar-refractivity contribution is 7.95. The second-order valence-electron chi connectivity index (χ2n) is 4.57. The van der Waals surface area contributed by atoms with Crippen molar-refractivity contribution >= 4 is 15.9 Å². The molecule has 0 saturated heterocycles. The van der Waals surface area contributed by atoms with Crippen LogP contribution in [0.5, 0.6) is 0 Å². The molecule has 0 saturated carbocycles. The summed E-state index contributed by atoms with van der Waals surface area (Å²) < 4.78 is 62.2. The van der Waals surface area contributed by atoms with Crippen LogP contribution < -0.4 is 5.32 Å². The average molecular weight is 305 g/mol. The predicted molar refractivity (Wildman–Crippen MR) is 69.8 cm³/mol. The molecular formula is C13H14F3NO2S. The van der Waals surface area contributed by atoms with Crippen LogP contribution in [0, 0.1) is 0 Å². The molecule has 20 heavy (non-hydrogen) atoms. The molecule has 2 rings (SSSR count). The molecule has 110 valence electrons. The van der Waals surface area contributed by atoms with E-state index in [1.807, 2.05) is 0 Å². The summed E-state index contributed by atoms with van der Waals surface area (Å²) in [5.74, 6) is 0. The van der Waals surface area contributed by atoms with Gasteiger partial charge < -0.3 is 5.32 Å². The van der Waals surface area contributed by atoms with Crippen molar-refractivity contribution in [3.8, 4) is 0 Å². The molecule has 1 aliphatic heterocycles. The molecule has 1 heterocycles. The van der Waals surface area contributed by atoms with Gasteiger partial charge in [0.05, 0.1) is 10.5 Å². The van der Waals surface area contributed by atoms with E-state index in [0.717, 1.165) is 18.2 Å². The molecule has 1 aromatic rings. The van der Waals surface area contributed by atoms with Gasteiger partial charge in [0.2, 0.25) is 9.84 Å². The fourth-order valence-corrected chi connectivity index (χ4v) is 3.77. The van der Waals surface area contributed by atoms with Crippen LogP contribution in [0.25, 0.3) is 6.08 Å². The van der Waals surface area contributed by atoms with E-state index in [4.69, 9.17) is 0 Å². The van der Waals surface area contributed by atoms with Crippen molar-refractivity contribution < 1.29 is 21.6 Å². The number of hydrogen-bond acceptors (Lipinski definition) is 3. The van der Waals surface area contributed by atoms with Gasteiger partial charge in [-0.3, -0.25) is 0 Å². The first-order valence-corrected chi connectivity index (χ1v) is 7.56. The van der Waals surface area contributed by atoms with Crippen LogP contribution in [0.2, 0.25) is 0 Å². The zero-order valence-electron chi connectivity index (χ0n) is 10.8. The average Bonchev–Trinajstić information content (AvgIpc) is 2.60. The summed E-state index contributed by atoms with van der Waals surface area (Å²) in [5, 5.41) is 2.90. The quantitative estimate of drug-likeness (QED) is 0.870. The standard InChI is InChI=1S/C13H14F3NO2S/c1-17-6-2-3-11-8-9-7-10(13(14,15)16)4-5-12(9)20(11,18)19/h4-5,7-8,17H,2-3,6H2,1H3. The van der Waals surface area contributed by atoms with Crippen molar-refractivity contribution in [3.05, 3.63) is 34.2 Å². The van der Waals surface area contributed by atoms with Crippen molar-refractivity contribution in [2.45, 2.75) is 23.9 Å². The molecule has 1 aliphatic rings. The number of allylic oxidation sites excluding steroid dienone is 1. The van der Waals surface area contributed by atoms with Gasteiger partial charge in [0.25, 0.3) is 0 Å². The van der Waals surface area contributed by atoms with E-state index >= 15 is 0 Å². The third-order valence-corrected chi connectivity index (χ3v) is 5.10. The van der Waals surface area contributed by atoms with Crippen LogP contribution in [0.15, 0.2) is 28.0 Å². The van der Waals surface area contributed by atoms with E-state index in [0.29, 0.717) is 19.4 Å². The molecule has 1 N–H and O–H groups in total. The van der Waals surface area contributed by atoms with Crippen LogP contribution in [-0.4, -0.2) is 22.0 Å². The lowest BCUT2D eigenvalue weighted by Gasteiger charge is -2.08. The predicted octanol–water partition coefficient (Wildman–Crippen LogP) is 2.83. The Bertz CT molecular complexity index is 648. The van der Waals surface area contributed by atoms with Crippen LogP contribution in [0.1, 0.15) is 24.0 Å². The van der Waals surface area contributed by atoms with Gasteiger partial charge in [-0.15, -0.1) is 0 Å². The van der Waals surface area contributed by atoms with E-state index in [2.05, 4.69) is 5.32 Å². The van der Waals surface area contributed by atoms with Crippen LogP contribution >= 0.6 is 0 Å². The molecule has 0 aliphatic carbocycles. The van der Waals surface area contributed by atoms with Gasteiger partial charge in [0, 0.05) is 4.91 Å². The van der Waals surface area contributed by atoms with E-state index < -0.39 is 21.6 Å². The first-order chi connectivity index (χ1) is 9.26. The second-order valence-corrected chi connectivity index (χ2v) is 6.54. The van der Waals surface area contributed by atoms with E-state index in [1.54, 1.807) is 7.05 Å². The molecule has 0 amide bonds. The lowest BCUT2D eigenvalue weighted by molar-refractivity contribution is -0.137. The molecule has 7 heteroatoms. The van der Waals surface area contributed by atoms with Crippen molar-refractivity contribution in [3.63, 3.8) is 0 Å². The Labute approximate surface area is 115 Å². The molecule has 0 atom stereocenters. The second kappa shape index (κ2) is 5.21. The molecule has 0 radical (unpaired) electrons. The molecule has 0 unspecified atom stereocenters. The zero-order valence-corrected chi connectivity index (χ0v) is 11.6.